The number of nitrogens with one attached hydrogen (secondary N) is 1. The molecule has 1 amide bonds. The molecule has 0 spiro atoms. The van der Waals surface area contributed by atoms with Gasteiger partial charge in [0.15, 0.2) is 5.82 Å². The zero-order chi connectivity index (χ0) is 24.3. The fourth-order valence-electron chi connectivity index (χ4n) is 3.62. The molecule has 0 aliphatic carbocycles. The number of fused-ring (bicyclic) bond motifs is 1. The summed E-state index contributed by atoms with van der Waals surface area (Å²) in [5.41, 5.74) is 0.263. The van der Waals surface area contributed by atoms with Gasteiger partial charge in [0.25, 0.3) is 5.91 Å². The normalized spacial score (nSPS) is 11.7. The molecule has 0 radical (unpaired) electrons. The number of carbonyl (C=O) groups excluding carboxylic acids is 1. The molecule has 2 aromatic carbocycles. The maximum Gasteiger partial charge on any atom is 0.416 e. The summed E-state index contributed by atoms with van der Waals surface area (Å²) in [6.45, 7) is 0.542. The van der Waals surface area contributed by atoms with Crippen molar-refractivity contribution in [1.82, 2.24) is 10.3 Å². The lowest BCUT2D eigenvalue weighted by molar-refractivity contribution is -0.137. The number of halogens is 4. The molecule has 0 saturated heterocycles. The molecule has 176 valence electrons. The number of aromatic nitrogens is 1. The minimum Gasteiger partial charge on any atom is -0.383 e. The van der Waals surface area contributed by atoms with Crippen LogP contribution < -0.4 is 5.32 Å². The van der Waals surface area contributed by atoms with E-state index in [1.54, 1.807) is 18.2 Å². The fraction of sp³-hybridized carbons (Fsp3) is 0.200. The van der Waals surface area contributed by atoms with Gasteiger partial charge in [0.1, 0.15) is 5.69 Å². The molecule has 4 aromatic rings. The number of alkyl halides is 3. The number of nitrogens with zero attached hydrogens (tertiary/aromatic N) is 1. The highest BCUT2D eigenvalue weighted by Gasteiger charge is 2.30. The number of thiophene rings is 1. The van der Waals surface area contributed by atoms with Crippen LogP contribution >= 0.6 is 11.3 Å². The predicted molar refractivity (Wildman–Crippen MR) is 123 cm³/mol. The number of hydrogen-bond acceptors (Lipinski definition) is 4. The average Bonchev–Trinajstić information content (AvgIpc) is 3.21. The summed E-state index contributed by atoms with van der Waals surface area (Å²) >= 11 is 1.36. The summed E-state index contributed by atoms with van der Waals surface area (Å²) in [6.07, 6.45) is -2.73. The molecule has 0 bridgehead atoms. The Labute approximate surface area is 197 Å². The Morgan fingerprint density at radius 3 is 2.68 bits per heavy atom. The van der Waals surface area contributed by atoms with Crippen LogP contribution in [0.5, 0.6) is 0 Å². The van der Waals surface area contributed by atoms with Gasteiger partial charge in [-0.15, -0.1) is 11.3 Å². The first kappa shape index (κ1) is 23.8. The molecule has 0 aliphatic rings. The van der Waals surface area contributed by atoms with Crippen LogP contribution in [0.4, 0.5) is 17.6 Å². The van der Waals surface area contributed by atoms with Crippen molar-refractivity contribution in [3.05, 3.63) is 88.2 Å². The molecule has 4 nitrogen and oxygen atoms in total. The van der Waals surface area contributed by atoms with Gasteiger partial charge in [0.05, 0.1) is 17.7 Å². The van der Waals surface area contributed by atoms with E-state index in [4.69, 9.17) is 4.74 Å². The minimum atomic E-state index is -4.41. The van der Waals surface area contributed by atoms with Crippen molar-refractivity contribution in [3.8, 4) is 11.3 Å². The third-order valence-corrected chi connectivity index (χ3v) is 6.39. The fourth-order valence-corrected chi connectivity index (χ4v) is 4.82. The second-order valence-corrected chi connectivity index (χ2v) is 8.72. The lowest BCUT2D eigenvalue weighted by Gasteiger charge is -2.09. The number of benzene rings is 2. The first-order valence-corrected chi connectivity index (χ1v) is 11.2. The summed E-state index contributed by atoms with van der Waals surface area (Å²) in [4.78, 5) is 17.4. The summed E-state index contributed by atoms with van der Waals surface area (Å²) in [5, 5.41) is 3.41. The van der Waals surface area contributed by atoms with Crippen molar-refractivity contribution in [2.24, 2.45) is 0 Å². The van der Waals surface area contributed by atoms with Crippen molar-refractivity contribution in [2.75, 3.05) is 20.3 Å². The molecule has 0 atom stereocenters. The molecule has 0 saturated carbocycles. The van der Waals surface area contributed by atoms with Crippen LogP contribution in [0.15, 0.2) is 60.8 Å². The summed E-state index contributed by atoms with van der Waals surface area (Å²) < 4.78 is 60.1. The van der Waals surface area contributed by atoms with E-state index < -0.39 is 23.5 Å². The van der Waals surface area contributed by atoms with Gasteiger partial charge >= 0.3 is 6.18 Å². The van der Waals surface area contributed by atoms with E-state index in [0.717, 1.165) is 27.1 Å². The highest BCUT2D eigenvalue weighted by atomic mass is 32.1. The highest BCUT2D eigenvalue weighted by Crippen LogP contribution is 2.37. The summed E-state index contributed by atoms with van der Waals surface area (Å²) in [7, 11) is 1.50. The van der Waals surface area contributed by atoms with Gasteiger partial charge in [-0.25, -0.2) is 4.39 Å². The number of carbonyl (C=O) groups is 1. The van der Waals surface area contributed by atoms with Gasteiger partial charge in [-0.3, -0.25) is 9.78 Å². The van der Waals surface area contributed by atoms with E-state index in [9.17, 15) is 18.0 Å². The SMILES string of the molecule is COCCNC(=O)c1ccnc(-c2cccc3cc(Cc4cccc(C(F)(F)F)c4)sc23)c1F. The van der Waals surface area contributed by atoms with E-state index in [-0.39, 0.29) is 17.8 Å². The molecule has 2 aromatic heterocycles. The van der Waals surface area contributed by atoms with Crippen LogP contribution in [0.3, 0.4) is 0 Å². The maximum atomic E-state index is 15.3. The first-order chi connectivity index (χ1) is 16.3. The van der Waals surface area contributed by atoms with Gasteiger partial charge in [0.2, 0.25) is 0 Å². The third-order valence-electron chi connectivity index (χ3n) is 5.21. The van der Waals surface area contributed by atoms with E-state index >= 15 is 4.39 Å². The largest absolute Gasteiger partial charge is 0.416 e. The number of rotatable bonds is 7. The van der Waals surface area contributed by atoms with Crippen LogP contribution in [0, 0.1) is 5.82 Å². The Hall–Kier alpha value is -3.30. The third kappa shape index (κ3) is 5.10. The van der Waals surface area contributed by atoms with E-state index in [1.807, 2.05) is 12.1 Å². The van der Waals surface area contributed by atoms with E-state index in [1.165, 1.54) is 36.8 Å². The van der Waals surface area contributed by atoms with Gasteiger partial charge in [0, 0.05) is 41.4 Å². The Balaban J connectivity index is 1.67. The summed E-state index contributed by atoms with van der Waals surface area (Å²) in [5.74, 6) is -1.31. The molecule has 2 heterocycles. The summed E-state index contributed by atoms with van der Waals surface area (Å²) in [6, 6.07) is 13.7. The van der Waals surface area contributed by atoms with Crippen molar-refractivity contribution in [2.45, 2.75) is 12.6 Å². The van der Waals surface area contributed by atoms with E-state index in [2.05, 4.69) is 10.3 Å². The van der Waals surface area contributed by atoms with E-state index in [0.29, 0.717) is 24.2 Å². The highest BCUT2D eigenvalue weighted by molar-refractivity contribution is 7.19. The number of ether oxygens (including phenoxy) is 1. The van der Waals surface area contributed by atoms with Crippen LogP contribution in [0.25, 0.3) is 21.3 Å². The standard InChI is InChI=1S/C25H20F4N2O2S/c1-33-11-10-31-24(32)19-8-9-30-22(21(19)26)20-7-3-5-16-14-18(34-23(16)20)13-15-4-2-6-17(12-15)25(27,28)29/h2-9,12,14H,10-11,13H2,1H3,(H,31,32). The smallest absolute Gasteiger partial charge is 0.383 e. The number of pyridine rings is 1. The molecule has 0 unspecified atom stereocenters. The molecular weight excluding hydrogens is 468 g/mol. The number of hydrogen-bond donors (Lipinski definition) is 1. The van der Waals surface area contributed by atoms with Crippen LogP contribution in [0.1, 0.15) is 26.4 Å². The predicted octanol–water partition coefficient (Wildman–Crippen LogP) is 6.09. The lowest BCUT2D eigenvalue weighted by atomic mass is 10.0. The Bertz CT molecular complexity index is 1330. The van der Waals surface area contributed by atoms with Crippen molar-refractivity contribution < 1.29 is 27.1 Å². The average molecular weight is 489 g/mol. The second kappa shape index (κ2) is 9.90. The second-order valence-electron chi connectivity index (χ2n) is 7.58. The molecule has 4 rings (SSSR count). The zero-order valence-corrected chi connectivity index (χ0v) is 18.9. The molecule has 1 N–H and O–H groups in total. The van der Waals surface area contributed by atoms with Gasteiger partial charge < -0.3 is 10.1 Å². The Morgan fingerprint density at radius 1 is 1.12 bits per heavy atom. The molecule has 0 aliphatic heterocycles. The van der Waals surface area contributed by atoms with Crippen LogP contribution in [0.2, 0.25) is 0 Å². The van der Waals surface area contributed by atoms with Gasteiger partial charge in [-0.2, -0.15) is 13.2 Å². The van der Waals surface area contributed by atoms with Crippen molar-refractivity contribution >= 4 is 27.3 Å². The zero-order valence-electron chi connectivity index (χ0n) is 18.1. The molecule has 34 heavy (non-hydrogen) atoms. The Morgan fingerprint density at radius 2 is 1.91 bits per heavy atom. The van der Waals surface area contributed by atoms with Crippen LogP contribution in [-0.4, -0.2) is 31.2 Å². The lowest BCUT2D eigenvalue weighted by Crippen LogP contribution is -2.28. The number of methoxy groups -OCH3 is 1. The monoisotopic (exact) mass is 488 g/mol. The molecular formula is C25H20F4N2O2S. The minimum absolute atomic E-state index is 0.0393. The quantitative estimate of drug-likeness (QED) is 0.253. The Kier molecular flexibility index (Phi) is 6.95. The first-order valence-electron chi connectivity index (χ1n) is 10.4. The molecule has 0 fully saturated rings. The van der Waals surface area contributed by atoms with Crippen LogP contribution in [-0.2, 0) is 17.3 Å². The number of amides is 1. The molecule has 9 heteroatoms. The van der Waals surface area contributed by atoms with Crippen molar-refractivity contribution in [1.29, 1.82) is 0 Å². The van der Waals surface area contributed by atoms with Crippen molar-refractivity contribution in [3.63, 3.8) is 0 Å². The topological polar surface area (TPSA) is 51.2 Å². The van der Waals surface area contributed by atoms with Gasteiger partial charge in [-0.1, -0.05) is 36.4 Å². The van der Waals surface area contributed by atoms with Gasteiger partial charge in [-0.05, 0) is 29.1 Å². The maximum absolute atomic E-state index is 15.3.